The molecule has 0 atom stereocenters. The third kappa shape index (κ3) is 27.6. The van der Waals surface area contributed by atoms with Gasteiger partial charge in [0.1, 0.15) is 0 Å². The SMILES string of the molecule is Cc1ccc(-c2ccc(C)cc2)cc1.Cc1ccc(-c2cccc(-c3ccc(C)cc3)c2)cc1.Cc1ccc(-c2cccc(C)c2)cc1.Cc1ccc2c(c1)C(C)(C)c1cc(C)ccc1-2.Cc1ccc2c(c1)C(c1ccccc1)(c1ccccc1)c1cc(C)ccc1-2.Cc1cccc(-c2cccc(-c3cccc(C)c3)c2)c1.Cc1cccc(-c2cccc(C)c2)c1.Cc1cccc(-c2ccccc2C)c1.Cc1cccc(C)c1. The maximum absolute atomic E-state index is 2.38. The highest BCUT2D eigenvalue weighted by Crippen LogP contribution is 2.57. The molecule has 0 N–H and O–H groups in total. The van der Waals surface area contributed by atoms with Crippen molar-refractivity contribution in [1.82, 2.24) is 0 Å². The molecule has 0 saturated carbocycles. The van der Waals surface area contributed by atoms with Crippen molar-refractivity contribution in [2.24, 2.45) is 0 Å². The summed E-state index contributed by atoms with van der Waals surface area (Å²) in [5.74, 6) is 0. The summed E-state index contributed by atoms with van der Waals surface area (Å²) in [6, 6.07) is 179. The topological polar surface area (TPSA) is 0 Å². The van der Waals surface area contributed by atoms with Crippen molar-refractivity contribution < 1.29 is 0 Å². The summed E-state index contributed by atoms with van der Waals surface area (Å²) in [6.07, 6.45) is 0. The lowest BCUT2D eigenvalue weighted by atomic mass is 9.67. The molecule has 2 aliphatic rings. The molecule has 21 aromatic carbocycles. The molecule has 148 heavy (non-hydrogen) atoms. The average Bonchev–Trinajstić information content (AvgIpc) is 1.54. The fourth-order valence-electron chi connectivity index (χ4n) is 19.8. The lowest BCUT2D eigenvalue weighted by Crippen LogP contribution is -2.28. The second kappa shape index (κ2) is 49.9. The lowest BCUT2D eigenvalue weighted by Gasteiger charge is -2.34. The molecule has 23 rings (SSSR count). The van der Waals surface area contributed by atoms with Gasteiger partial charge in [-0.3, -0.25) is 0 Å². The molecule has 0 spiro atoms. The highest BCUT2D eigenvalue weighted by atomic mass is 14.5. The minimum atomic E-state index is -0.273. The van der Waals surface area contributed by atoms with Crippen molar-refractivity contribution in [2.75, 3.05) is 0 Å². The molecule has 0 heterocycles. The van der Waals surface area contributed by atoms with Crippen LogP contribution in [0.15, 0.2) is 497 Å². The average molecular weight is 1920 g/mol. The van der Waals surface area contributed by atoms with E-state index in [4.69, 9.17) is 0 Å². The second-order valence-electron chi connectivity index (χ2n) is 41.0. The van der Waals surface area contributed by atoms with E-state index in [1.807, 2.05) is 0 Å². The van der Waals surface area contributed by atoms with E-state index in [-0.39, 0.29) is 10.8 Å². The van der Waals surface area contributed by atoms with Crippen molar-refractivity contribution in [3.05, 3.63) is 631 Å². The summed E-state index contributed by atoms with van der Waals surface area (Å²) in [4.78, 5) is 0. The Morgan fingerprint density at radius 2 is 0.304 bits per heavy atom. The summed E-state index contributed by atoms with van der Waals surface area (Å²) < 4.78 is 0. The molecule has 0 radical (unpaired) electrons. The van der Waals surface area contributed by atoms with Crippen molar-refractivity contribution in [3.63, 3.8) is 0 Å². The van der Waals surface area contributed by atoms with E-state index in [0.29, 0.717) is 0 Å². The third-order valence-corrected chi connectivity index (χ3v) is 27.9. The first kappa shape index (κ1) is 106. The predicted molar refractivity (Wildman–Crippen MR) is 642 cm³/mol. The molecule has 0 bridgehead atoms. The first-order valence-electron chi connectivity index (χ1n) is 52.1. The van der Waals surface area contributed by atoms with E-state index in [1.165, 1.54) is 245 Å². The molecular formula is C148H142. The van der Waals surface area contributed by atoms with Gasteiger partial charge >= 0.3 is 0 Å². The number of hydrogen-bond donors (Lipinski definition) is 0. The Morgan fingerprint density at radius 1 is 0.115 bits per heavy atom. The number of fused-ring (bicyclic) bond motifs is 6. The Labute approximate surface area is 885 Å². The molecule has 2 aliphatic carbocycles. The van der Waals surface area contributed by atoms with Gasteiger partial charge in [0.05, 0.1) is 5.41 Å². The largest absolute Gasteiger partial charge is 0.0713 e. The molecule has 0 aromatic heterocycles. The van der Waals surface area contributed by atoms with E-state index in [2.05, 4.69) is 636 Å². The Bertz CT molecular complexity index is 7610. The quantitative estimate of drug-likeness (QED) is 0.128. The highest BCUT2D eigenvalue weighted by Gasteiger charge is 2.46. The zero-order chi connectivity index (χ0) is 104. The molecule has 0 saturated heterocycles. The number of benzene rings is 21. The van der Waals surface area contributed by atoms with Gasteiger partial charge in [-0.15, -0.1) is 0 Å². The van der Waals surface area contributed by atoms with E-state index in [9.17, 15) is 0 Å². The van der Waals surface area contributed by atoms with Crippen LogP contribution in [0.3, 0.4) is 0 Å². The van der Waals surface area contributed by atoms with Gasteiger partial charge in [-0.25, -0.2) is 0 Å². The van der Waals surface area contributed by atoms with Crippen LogP contribution < -0.4 is 0 Å². The van der Waals surface area contributed by atoms with Crippen LogP contribution in [0.25, 0.3) is 111 Å². The fourth-order valence-corrected chi connectivity index (χ4v) is 19.8. The first-order chi connectivity index (χ1) is 71.5. The van der Waals surface area contributed by atoms with Crippen LogP contribution in [0.2, 0.25) is 0 Å². The lowest BCUT2D eigenvalue weighted by molar-refractivity contribution is 0.659. The molecular weight excluding hydrogens is 1780 g/mol. The van der Waals surface area contributed by atoms with Gasteiger partial charge < -0.3 is 0 Å². The van der Waals surface area contributed by atoms with Gasteiger partial charge in [0.2, 0.25) is 0 Å². The smallest absolute Gasteiger partial charge is 0.0622 e. The fraction of sp³-hybridized carbons (Fsp3) is 0.149. The Morgan fingerprint density at radius 3 is 0.568 bits per heavy atom. The van der Waals surface area contributed by atoms with Gasteiger partial charge in [0.25, 0.3) is 0 Å². The Kier molecular flexibility index (Phi) is 35.7. The van der Waals surface area contributed by atoms with E-state index >= 15 is 0 Å². The minimum absolute atomic E-state index is 0.142. The molecule has 0 aliphatic heterocycles. The molecule has 0 amide bonds. The van der Waals surface area contributed by atoms with Crippen LogP contribution in [0, 0.1) is 125 Å². The molecule has 0 unspecified atom stereocenters. The van der Waals surface area contributed by atoms with E-state index in [0.717, 1.165) is 0 Å². The Hall–Kier alpha value is -16.4. The van der Waals surface area contributed by atoms with Crippen LogP contribution in [-0.2, 0) is 10.8 Å². The number of aryl methyl sites for hydroxylation is 18. The maximum Gasteiger partial charge on any atom is 0.0713 e. The summed E-state index contributed by atoms with van der Waals surface area (Å²) in [6.45, 7) is 43.1. The normalized spacial score (nSPS) is 11.5. The standard InChI is InChI=1S/C27H22.2C20H18.C17H18.4C14H14.C8H10/c1-19-13-15-23-24-16-14-20(2)18-26(24)27(25(23)17-19,21-9-5-3-6-10-21)22-11-7-4-8-12-22;1-15-6-3-8-17(12-15)19-10-5-11-20(14-19)18-9-4-7-16(2)13-18;1-15-6-10-17(11-7-15)19-4-3-5-20(14-19)18-12-8-16(2)9-13-18;1-11-5-7-13-14-8-6-12(2)10-16(14)17(3,4)15(13)9-11;1-11-3-7-13(8-4-11)14-9-5-12(2)6-10-14;1-11-5-3-7-13(9-11)14-8-4-6-12(2)10-14;1-11-6-5-8-13(10-11)14-9-4-3-7-12(14)2;1-11-6-8-13(9-7-11)14-5-3-4-12(2)10-14;1-7-4-3-5-8(2)6-7/h3-18H,1-2H3;2*3-14H,1-2H3;5-10H,1-4H3;4*3-10H,1-2H3;3-6H,1-2H3. The van der Waals surface area contributed by atoms with E-state index < -0.39 is 0 Å². The maximum atomic E-state index is 2.38. The van der Waals surface area contributed by atoms with Crippen LogP contribution in [0.5, 0.6) is 0 Å². The highest BCUT2D eigenvalue weighted by molar-refractivity contribution is 5.88. The second-order valence-corrected chi connectivity index (χ2v) is 41.0. The van der Waals surface area contributed by atoms with Crippen molar-refractivity contribution in [1.29, 1.82) is 0 Å². The van der Waals surface area contributed by atoms with Crippen LogP contribution in [-0.4, -0.2) is 0 Å². The van der Waals surface area contributed by atoms with Crippen molar-refractivity contribution >= 4 is 0 Å². The van der Waals surface area contributed by atoms with Crippen molar-refractivity contribution in [3.8, 4) is 111 Å². The molecule has 21 aromatic rings. The summed E-state index contributed by atoms with van der Waals surface area (Å²) in [7, 11) is 0. The van der Waals surface area contributed by atoms with Gasteiger partial charge in [0, 0.05) is 5.41 Å². The Balaban J connectivity index is 0.000000127. The summed E-state index contributed by atoms with van der Waals surface area (Å²) in [5, 5.41) is 0. The van der Waals surface area contributed by atoms with Gasteiger partial charge in [-0.05, 0) is 287 Å². The van der Waals surface area contributed by atoms with Crippen molar-refractivity contribution in [2.45, 2.75) is 149 Å². The molecule has 734 valence electrons. The zero-order valence-corrected chi connectivity index (χ0v) is 90.3. The monoisotopic (exact) mass is 1920 g/mol. The zero-order valence-electron chi connectivity index (χ0n) is 90.3. The van der Waals surface area contributed by atoms with E-state index in [1.54, 1.807) is 0 Å². The third-order valence-electron chi connectivity index (χ3n) is 27.9. The molecule has 0 heteroatoms. The van der Waals surface area contributed by atoms with Gasteiger partial charge in [-0.2, -0.15) is 0 Å². The molecule has 0 fully saturated rings. The van der Waals surface area contributed by atoms with Crippen LogP contribution in [0.1, 0.15) is 147 Å². The predicted octanol–water partition coefficient (Wildman–Crippen LogP) is 40.7. The number of rotatable bonds is 10. The minimum Gasteiger partial charge on any atom is -0.0622 e. The van der Waals surface area contributed by atoms with Gasteiger partial charge in [0.15, 0.2) is 0 Å². The van der Waals surface area contributed by atoms with Crippen LogP contribution >= 0.6 is 0 Å². The summed E-state index contributed by atoms with van der Waals surface area (Å²) in [5.41, 5.74) is 58.0. The number of hydrogen-bond acceptors (Lipinski definition) is 0. The first-order valence-corrected chi connectivity index (χ1v) is 52.1. The van der Waals surface area contributed by atoms with Crippen LogP contribution in [0.4, 0.5) is 0 Å². The summed E-state index contributed by atoms with van der Waals surface area (Å²) >= 11 is 0. The molecule has 0 nitrogen and oxygen atoms in total. The van der Waals surface area contributed by atoms with Gasteiger partial charge in [-0.1, -0.05) is 594 Å².